The van der Waals surface area contributed by atoms with Crippen LogP contribution in [0.1, 0.15) is 11.1 Å². The van der Waals surface area contributed by atoms with Crippen molar-refractivity contribution in [2.45, 2.75) is 9.79 Å². The largest absolute Gasteiger partial charge is 0.368 e. The van der Waals surface area contributed by atoms with Crippen LogP contribution >= 0.6 is 0 Å². The topological polar surface area (TPSA) is 264 Å². The van der Waals surface area contributed by atoms with Crippen LogP contribution in [-0.4, -0.2) is 46.7 Å². The van der Waals surface area contributed by atoms with Gasteiger partial charge in [-0.3, -0.25) is 0 Å². The van der Waals surface area contributed by atoms with Gasteiger partial charge >= 0.3 is 20.2 Å². The molecule has 0 spiro atoms. The highest BCUT2D eigenvalue weighted by Gasteiger charge is 2.22. The van der Waals surface area contributed by atoms with Gasteiger partial charge in [0.25, 0.3) is 11.9 Å². The lowest BCUT2D eigenvalue weighted by Crippen LogP contribution is -2.16. The summed E-state index contributed by atoms with van der Waals surface area (Å²) in [6.45, 7) is 0. The fourth-order valence-electron chi connectivity index (χ4n) is 4.43. The number of rotatable bonds is 14. The molecule has 0 fully saturated rings. The monoisotopic (exact) mass is 740 g/mol. The van der Waals surface area contributed by atoms with Crippen LogP contribution in [0.3, 0.4) is 0 Å². The standard InChI is InChI=1S/C32H28N12O6S2/c33-27-37-29(35-23-13-3-1-4-14-23)41-31(39-27)43-49-51(45,46)25-17-9-7-11-21(25)19-20-22-12-8-10-18-26(22)52(47,48)50-44-32-40-28(34)38-30(42-32)36-24-15-5-2-6-16-24/h1-20H,(H4,33,35,37,39,41,43)(H4,34,36,38,40,42,44). The maximum absolute atomic E-state index is 13.3. The van der Waals surface area contributed by atoms with E-state index in [4.69, 9.17) is 20.0 Å². The van der Waals surface area contributed by atoms with E-state index < -0.39 is 20.2 Å². The van der Waals surface area contributed by atoms with Gasteiger partial charge in [-0.2, -0.15) is 46.7 Å². The third-order valence-corrected chi connectivity index (χ3v) is 9.10. The predicted octanol–water partition coefficient (Wildman–Crippen LogP) is 4.34. The Morgan fingerprint density at radius 3 is 1.21 bits per heavy atom. The zero-order chi connectivity index (χ0) is 36.6. The van der Waals surface area contributed by atoms with E-state index in [2.05, 4.69) is 51.5 Å². The minimum absolute atomic E-state index is 0.0422. The van der Waals surface area contributed by atoms with E-state index in [1.807, 2.05) is 12.1 Å². The Bertz CT molecular complexity index is 2270. The highest BCUT2D eigenvalue weighted by Crippen LogP contribution is 2.25. The third kappa shape index (κ3) is 9.08. The van der Waals surface area contributed by atoms with Gasteiger partial charge in [0.15, 0.2) is 0 Å². The van der Waals surface area contributed by atoms with Crippen LogP contribution in [0.4, 0.5) is 47.1 Å². The van der Waals surface area contributed by atoms with Gasteiger partial charge in [0, 0.05) is 11.4 Å². The molecule has 0 saturated heterocycles. The number of aromatic nitrogens is 6. The Kier molecular flexibility index (Phi) is 10.4. The maximum atomic E-state index is 13.3. The number of nitrogens with zero attached hydrogens (tertiary/aromatic N) is 6. The van der Waals surface area contributed by atoms with Crippen molar-refractivity contribution in [2.75, 3.05) is 33.1 Å². The van der Waals surface area contributed by atoms with Crippen molar-refractivity contribution in [1.82, 2.24) is 29.9 Å². The number of benzene rings is 4. The van der Waals surface area contributed by atoms with Gasteiger partial charge < -0.3 is 22.1 Å². The van der Waals surface area contributed by atoms with Crippen molar-refractivity contribution < 1.29 is 25.4 Å². The second-order valence-electron chi connectivity index (χ2n) is 10.4. The third-order valence-electron chi connectivity index (χ3n) is 6.67. The van der Waals surface area contributed by atoms with E-state index in [0.29, 0.717) is 11.4 Å². The molecule has 6 rings (SSSR count). The van der Waals surface area contributed by atoms with E-state index in [1.165, 1.54) is 48.6 Å². The van der Waals surface area contributed by atoms with Crippen LogP contribution in [0.2, 0.25) is 0 Å². The molecule has 8 N–H and O–H groups in total. The Balaban J connectivity index is 1.17. The number of nitrogen functional groups attached to an aromatic ring is 2. The summed E-state index contributed by atoms with van der Waals surface area (Å²) >= 11 is 0. The molecule has 0 amide bonds. The lowest BCUT2D eigenvalue weighted by molar-refractivity contribution is 0.385. The molecule has 20 heteroatoms. The number of para-hydroxylation sites is 2. The molecule has 18 nitrogen and oxygen atoms in total. The first-order valence-electron chi connectivity index (χ1n) is 15.0. The molecular formula is C32H28N12O6S2. The summed E-state index contributed by atoms with van der Waals surface area (Å²) in [5, 5.41) is 5.86. The Morgan fingerprint density at radius 1 is 0.462 bits per heavy atom. The quantitative estimate of drug-likeness (QED) is 0.0669. The fourth-order valence-corrected chi connectivity index (χ4v) is 6.32. The van der Waals surface area contributed by atoms with E-state index >= 15 is 0 Å². The first-order chi connectivity index (χ1) is 25.0. The molecule has 0 atom stereocenters. The Hall–Kier alpha value is -6.74. The van der Waals surface area contributed by atoms with E-state index in [1.54, 1.807) is 60.7 Å². The highest BCUT2D eigenvalue weighted by molar-refractivity contribution is 7.87. The predicted molar refractivity (Wildman–Crippen MR) is 194 cm³/mol. The molecule has 0 radical (unpaired) electrons. The summed E-state index contributed by atoms with van der Waals surface area (Å²) in [5.41, 5.74) is 17.6. The number of nitrogens with one attached hydrogen (secondary N) is 4. The molecule has 2 aromatic heterocycles. The van der Waals surface area contributed by atoms with Crippen molar-refractivity contribution in [1.29, 1.82) is 0 Å². The SMILES string of the molecule is Nc1nc(NOS(=O)(=O)c2ccccc2C=Cc2ccccc2S(=O)(=O)ONc2nc(N)nc(Nc3ccccc3)n2)nc(Nc2ccccc2)n1. The molecule has 0 aliphatic carbocycles. The molecule has 0 aliphatic rings. The maximum Gasteiger partial charge on any atom is 0.318 e. The summed E-state index contributed by atoms with van der Waals surface area (Å²) in [7, 11) is -8.99. The summed E-state index contributed by atoms with van der Waals surface area (Å²) in [6, 6.07) is 29.7. The summed E-state index contributed by atoms with van der Waals surface area (Å²) in [5.74, 6) is -0.871. The molecule has 0 aliphatic heterocycles. The number of anilines is 8. The van der Waals surface area contributed by atoms with Gasteiger partial charge in [-0.1, -0.05) is 84.9 Å². The van der Waals surface area contributed by atoms with Crippen LogP contribution in [-0.2, 0) is 28.8 Å². The van der Waals surface area contributed by atoms with Crippen LogP contribution in [0.5, 0.6) is 0 Å². The highest BCUT2D eigenvalue weighted by atomic mass is 32.2. The van der Waals surface area contributed by atoms with E-state index in [0.717, 1.165) is 0 Å². The zero-order valence-electron chi connectivity index (χ0n) is 26.7. The van der Waals surface area contributed by atoms with Crippen LogP contribution in [0.25, 0.3) is 12.2 Å². The number of hydrogen-bond acceptors (Lipinski definition) is 18. The molecule has 52 heavy (non-hydrogen) atoms. The molecule has 0 unspecified atom stereocenters. The van der Waals surface area contributed by atoms with Crippen molar-refractivity contribution in [3.63, 3.8) is 0 Å². The molecule has 0 saturated carbocycles. The average Bonchev–Trinajstić information content (AvgIpc) is 3.13. The molecular weight excluding hydrogens is 713 g/mol. The van der Waals surface area contributed by atoms with Gasteiger partial charge in [-0.15, -0.1) is 8.57 Å². The van der Waals surface area contributed by atoms with Gasteiger partial charge in [0.1, 0.15) is 9.79 Å². The summed E-state index contributed by atoms with van der Waals surface area (Å²) in [6.07, 6.45) is 2.80. The molecule has 4 aromatic carbocycles. The van der Waals surface area contributed by atoms with Gasteiger partial charge in [-0.25, -0.2) is 11.0 Å². The van der Waals surface area contributed by atoms with E-state index in [-0.39, 0.29) is 56.6 Å². The van der Waals surface area contributed by atoms with Gasteiger partial charge in [0.05, 0.1) is 0 Å². The van der Waals surface area contributed by atoms with Crippen LogP contribution in [0.15, 0.2) is 119 Å². The second-order valence-corrected chi connectivity index (χ2v) is 13.4. The summed E-state index contributed by atoms with van der Waals surface area (Å²) < 4.78 is 63.3. The van der Waals surface area contributed by atoms with Gasteiger partial charge in [0.2, 0.25) is 23.8 Å². The Labute approximate surface area is 297 Å². The van der Waals surface area contributed by atoms with Gasteiger partial charge in [-0.05, 0) is 47.5 Å². The zero-order valence-corrected chi connectivity index (χ0v) is 28.3. The van der Waals surface area contributed by atoms with E-state index in [9.17, 15) is 16.8 Å². The minimum atomic E-state index is -4.49. The smallest absolute Gasteiger partial charge is 0.318 e. The van der Waals surface area contributed by atoms with Crippen LogP contribution < -0.4 is 33.1 Å². The van der Waals surface area contributed by atoms with Crippen LogP contribution in [0, 0.1) is 0 Å². The van der Waals surface area contributed by atoms with Crippen molar-refractivity contribution in [2.24, 2.45) is 0 Å². The Morgan fingerprint density at radius 2 is 0.808 bits per heavy atom. The lowest BCUT2D eigenvalue weighted by atomic mass is 10.1. The molecule has 0 bridgehead atoms. The number of nitrogens with two attached hydrogens (primary N) is 2. The normalized spacial score (nSPS) is 11.6. The second kappa shape index (κ2) is 15.4. The molecule has 2 heterocycles. The molecule has 264 valence electrons. The summed E-state index contributed by atoms with van der Waals surface area (Å²) in [4.78, 5) is 23.4. The lowest BCUT2D eigenvalue weighted by Gasteiger charge is -2.11. The minimum Gasteiger partial charge on any atom is -0.368 e. The fraction of sp³-hybridized carbons (Fsp3) is 0. The molecule has 6 aromatic rings. The van der Waals surface area contributed by atoms with Crippen molar-refractivity contribution in [3.05, 3.63) is 120 Å². The first-order valence-corrected chi connectivity index (χ1v) is 17.8. The first kappa shape index (κ1) is 35.1. The van der Waals surface area contributed by atoms with Crippen molar-refractivity contribution >= 4 is 79.5 Å². The number of hydrogen-bond donors (Lipinski definition) is 6. The average molecular weight is 741 g/mol. The van der Waals surface area contributed by atoms with Crippen molar-refractivity contribution in [3.8, 4) is 0 Å².